The van der Waals surface area contributed by atoms with Gasteiger partial charge in [-0.05, 0) is 12.8 Å². The number of rotatable bonds is 21. The van der Waals surface area contributed by atoms with Crippen molar-refractivity contribution in [3.05, 3.63) is 0 Å². The van der Waals surface area contributed by atoms with Gasteiger partial charge in [-0.1, -0.05) is 86.8 Å². The largest absolute Gasteiger partial charge is 0.480 e. The molecule has 32 heavy (non-hydrogen) atoms. The molecular formula is C22H40N2O6S2. The van der Waals surface area contributed by atoms with Gasteiger partial charge >= 0.3 is 11.9 Å². The Morgan fingerprint density at radius 2 is 0.969 bits per heavy atom. The van der Waals surface area contributed by atoms with Crippen molar-refractivity contribution in [2.45, 2.75) is 103 Å². The van der Waals surface area contributed by atoms with Crippen LogP contribution in [0.1, 0.15) is 90.9 Å². The maximum absolute atomic E-state index is 12.0. The molecule has 0 rings (SSSR count). The summed E-state index contributed by atoms with van der Waals surface area (Å²) in [5.74, 6) is -2.59. The molecule has 0 aliphatic rings. The maximum atomic E-state index is 12.0. The summed E-state index contributed by atoms with van der Waals surface area (Å²) in [7, 11) is 2.35. The van der Waals surface area contributed by atoms with Gasteiger partial charge in [0.2, 0.25) is 11.8 Å². The predicted octanol–water partition coefficient (Wildman–Crippen LogP) is 4.23. The van der Waals surface area contributed by atoms with Gasteiger partial charge in [-0.2, -0.15) is 0 Å². The first-order valence-electron chi connectivity index (χ1n) is 11.6. The van der Waals surface area contributed by atoms with E-state index in [0.717, 1.165) is 64.2 Å². The molecule has 0 heterocycles. The minimum absolute atomic E-state index is 0.110. The summed E-state index contributed by atoms with van der Waals surface area (Å²) in [5, 5.41) is 23.7. The second kappa shape index (κ2) is 20.2. The lowest BCUT2D eigenvalue weighted by Crippen LogP contribution is -2.43. The average molecular weight is 493 g/mol. The second-order valence-electron chi connectivity index (χ2n) is 7.81. The minimum Gasteiger partial charge on any atom is -0.480 e. The molecule has 186 valence electrons. The van der Waals surface area contributed by atoms with Gasteiger partial charge in [0.05, 0.1) is 0 Å². The Labute approximate surface area is 199 Å². The number of carbonyl (C=O) groups excluding carboxylic acids is 2. The highest BCUT2D eigenvalue weighted by Gasteiger charge is 2.22. The third kappa shape index (κ3) is 17.2. The first kappa shape index (κ1) is 30.6. The van der Waals surface area contributed by atoms with E-state index in [4.69, 9.17) is 0 Å². The van der Waals surface area contributed by atoms with Crippen LogP contribution in [0.5, 0.6) is 0 Å². The monoisotopic (exact) mass is 492 g/mol. The maximum Gasteiger partial charge on any atom is 0.327 e. The summed E-state index contributed by atoms with van der Waals surface area (Å²) in [5.41, 5.74) is 0. The van der Waals surface area contributed by atoms with Gasteiger partial charge in [0.25, 0.3) is 0 Å². The number of hydrogen-bond donors (Lipinski definition) is 4. The highest BCUT2D eigenvalue weighted by molar-refractivity contribution is 8.76. The Kier molecular flexibility index (Phi) is 19.3. The summed E-state index contributed by atoms with van der Waals surface area (Å²) in [4.78, 5) is 46.8. The van der Waals surface area contributed by atoms with Crippen LogP contribution >= 0.6 is 21.6 Å². The Morgan fingerprint density at radius 3 is 1.28 bits per heavy atom. The first-order chi connectivity index (χ1) is 15.3. The van der Waals surface area contributed by atoms with Crippen molar-refractivity contribution >= 4 is 45.3 Å². The zero-order valence-electron chi connectivity index (χ0n) is 19.4. The molecule has 0 aromatic carbocycles. The number of amides is 2. The fourth-order valence-corrected chi connectivity index (χ4v) is 5.20. The Morgan fingerprint density at radius 1 is 0.625 bits per heavy atom. The van der Waals surface area contributed by atoms with Gasteiger partial charge in [0.15, 0.2) is 0 Å². The third-order valence-electron chi connectivity index (χ3n) is 4.83. The van der Waals surface area contributed by atoms with E-state index in [1.54, 1.807) is 0 Å². The quantitative estimate of drug-likeness (QED) is 0.138. The van der Waals surface area contributed by atoms with Crippen LogP contribution in [-0.2, 0) is 19.2 Å². The highest BCUT2D eigenvalue weighted by Crippen LogP contribution is 2.23. The van der Waals surface area contributed by atoms with Crippen LogP contribution in [0.3, 0.4) is 0 Å². The summed E-state index contributed by atoms with van der Waals surface area (Å²) in [6.45, 7) is 4.23. The fourth-order valence-electron chi connectivity index (χ4n) is 2.89. The predicted molar refractivity (Wildman–Crippen MR) is 131 cm³/mol. The van der Waals surface area contributed by atoms with Crippen molar-refractivity contribution < 1.29 is 29.4 Å². The van der Waals surface area contributed by atoms with Crippen molar-refractivity contribution in [3.63, 3.8) is 0 Å². The lowest BCUT2D eigenvalue weighted by molar-refractivity contribution is -0.141. The summed E-state index contributed by atoms with van der Waals surface area (Å²) >= 11 is 0. The Hall–Kier alpha value is -1.42. The third-order valence-corrected chi connectivity index (χ3v) is 7.26. The molecule has 0 aliphatic heterocycles. The Balaban J connectivity index is 4.22. The second-order valence-corrected chi connectivity index (χ2v) is 10.4. The molecule has 0 saturated carbocycles. The topological polar surface area (TPSA) is 133 Å². The van der Waals surface area contributed by atoms with Crippen molar-refractivity contribution in [2.75, 3.05) is 11.5 Å². The molecule has 0 radical (unpaired) electrons. The summed E-state index contributed by atoms with van der Waals surface area (Å²) in [6, 6.07) is -2.06. The lowest BCUT2D eigenvalue weighted by Gasteiger charge is -2.16. The van der Waals surface area contributed by atoms with Gasteiger partial charge in [0.1, 0.15) is 12.1 Å². The molecule has 2 atom stereocenters. The van der Waals surface area contributed by atoms with Crippen LogP contribution in [0.25, 0.3) is 0 Å². The normalized spacial score (nSPS) is 12.7. The summed E-state index contributed by atoms with van der Waals surface area (Å²) in [6.07, 6.45) is 10.6. The minimum atomic E-state index is -1.12. The number of carboxylic acids is 2. The zero-order valence-corrected chi connectivity index (χ0v) is 21.0. The van der Waals surface area contributed by atoms with Crippen LogP contribution in [0, 0.1) is 0 Å². The van der Waals surface area contributed by atoms with Gasteiger partial charge in [0, 0.05) is 24.3 Å². The van der Waals surface area contributed by atoms with Crippen LogP contribution in [0.4, 0.5) is 0 Å². The van der Waals surface area contributed by atoms with E-state index >= 15 is 0 Å². The van der Waals surface area contributed by atoms with Crippen LogP contribution < -0.4 is 10.6 Å². The smallest absolute Gasteiger partial charge is 0.327 e. The van der Waals surface area contributed by atoms with E-state index < -0.39 is 24.0 Å². The van der Waals surface area contributed by atoms with Crippen molar-refractivity contribution in [1.82, 2.24) is 10.6 Å². The molecule has 8 nitrogen and oxygen atoms in total. The van der Waals surface area contributed by atoms with Crippen molar-refractivity contribution in [2.24, 2.45) is 0 Å². The van der Waals surface area contributed by atoms with Crippen molar-refractivity contribution in [1.29, 1.82) is 0 Å². The van der Waals surface area contributed by atoms with E-state index in [1.165, 1.54) is 21.6 Å². The molecule has 0 aromatic heterocycles. The van der Waals surface area contributed by atoms with Crippen LogP contribution in [-0.4, -0.2) is 57.6 Å². The molecule has 0 bridgehead atoms. The number of nitrogens with one attached hydrogen (secondary N) is 2. The number of carboxylic acid groups (broad SMARTS) is 2. The lowest BCUT2D eigenvalue weighted by atomic mass is 10.1. The molecule has 0 aliphatic carbocycles. The molecule has 0 fully saturated rings. The fraction of sp³-hybridized carbons (Fsp3) is 0.818. The highest BCUT2D eigenvalue weighted by atomic mass is 33.1. The number of hydrogen-bond acceptors (Lipinski definition) is 6. The van der Waals surface area contributed by atoms with E-state index in [1.807, 2.05) is 0 Å². The van der Waals surface area contributed by atoms with Crippen LogP contribution in [0.15, 0.2) is 0 Å². The Bertz CT molecular complexity index is 515. The van der Waals surface area contributed by atoms with E-state index in [0.29, 0.717) is 12.8 Å². The number of unbranched alkanes of at least 4 members (excludes halogenated alkanes) is 8. The zero-order chi connectivity index (χ0) is 24.2. The molecule has 2 amide bonds. The molecule has 4 N–H and O–H groups in total. The first-order valence-corrected chi connectivity index (χ1v) is 14.1. The van der Waals surface area contributed by atoms with Gasteiger partial charge in [-0.3, -0.25) is 9.59 Å². The van der Waals surface area contributed by atoms with E-state index in [2.05, 4.69) is 24.5 Å². The van der Waals surface area contributed by atoms with E-state index in [-0.39, 0.29) is 23.3 Å². The molecule has 0 unspecified atom stereocenters. The number of aliphatic carboxylic acids is 2. The molecule has 0 aromatic rings. The van der Waals surface area contributed by atoms with E-state index in [9.17, 15) is 29.4 Å². The standard InChI is InChI=1S/C22H40N2O6S2/c1-3-5-7-9-11-13-19(25)23-17(21(27)28)15-31-32-16-18(22(29)30)24-20(26)14-12-10-8-6-4-2/h17-18H,3-16H2,1-2H3,(H,23,25)(H,24,26)(H,27,28)(H,29,30)/t17-,18-/m0/s1. The number of carbonyl (C=O) groups is 4. The van der Waals surface area contributed by atoms with Crippen LogP contribution in [0.2, 0.25) is 0 Å². The molecule has 0 saturated heterocycles. The van der Waals surface area contributed by atoms with Gasteiger partial charge < -0.3 is 20.8 Å². The van der Waals surface area contributed by atoms with Gasteiger partial charge in [-0.25, -0.2) is 9.59 Å². The van der Waals surface area contributed by atoms with Crippen molar-refractivity contribution in [3.8, 4) is 0 Å². The van der Waals surface area contributed by atoms with Gasteiger partial charge in [-0.15, -0.1) is 0 Å². The molecular weight excluding hydrogens is 452 g/mol. The molecule has 10 heteroatoms. The molecule has 0 spiro atoms. The SMILES string of the molecule is CCCCCCCC(=O)N[C@@H](CSSC[C@H](NC(=O)CCCCCCC)C(=O)O)C(=O)O. The summed E-state index contributed by atoms with van der Waals surface area (Å²) < 4.78 is 0. The average Bonchev–Trinajstić information content (AvgIpc) is 2.74.